The molecule has 0 aliphatic rings. The molecule has 0 amide bonds. The zero-order valence-electron chi connectivity index (χ0n) is 37.5. The van der Waals surface area contributed by atoms with E-state index in [0.717, 1.165) is 103 Å². The molecule has 0 aliphatic carbocycles. The molecule has 0 saturated carbocycles. The average molecular weight is 778 g/mol. The number of carbonyl (C=O) groups excluding carboxylic acids is 2. The zero-order valence-corrected chi connectivity index (χ0v) is 37.5. The second-order valence-electron chi connectivity index (χ2n) is 16.9. The summed E-state index contributed by atoms with van der Waals surface area (Å²) in [6.07, 6.45) is 38.8. The second-order valence-corrected chi connectivity index (χ2v) is 16.9. The third kappa shape index (κ3) is 37.6. The normalized spacial score (nSPS) is 13.3. The second kappa shape index (κ2) is 39.1. The Labute approximate surface area is 341 Å². The van der Waals surface area contributed by atoms with Crippen LogP contribution in [0.5, 0.6) is 0 Å². The number of hydrogen-bond acceptors (Lipinski definition) is 7. The Morgan fingerprint density at radius 2 is 0.964 bits per heavy atom. The lowest BCUT2D eigenvalue weighted by Crippen LogP contribution is -2.39. The van der Waals surface area contributed by atoms with E-state index in [4.69, 9.17) is 18.9 Å². The van der Waals surface area contributed by atoms with Crippen molar-refractivity contribution < 1.29 is 28.5 Å². The van der Waals surface area contributed by atoms with E-state index in [1.165, 1.54) is 77.0 Å². The fraction of sp³-hybridized carbons (Fsp3) is 0.875. The Bertz CT molecular complexity index is 860. The number of hydrogen-bond donors (Lipinski definition) is 0. The van der Waals surface area contributed by atoms with Crippen LogP contribution in [-0.2, 0) is 28.5 Å². The maximum atomic E-state index is 12.0. The molecule has 55 heavy (non-hydrogen) atoms. The molecular formula is C48H91NO6. The zero-order chi connectivity index (χ0) is 40.7. The van der Waals surface area contributed by atoms with Gasteiger partial charge in [0.1, 0.15) is 13.2 Å². The molecule has 0 aromatic heterocycles. The van der Waals surface area contributed by atoms with E-state index in [9.17, 15) is 9.59 Å². The molecule has 1 atom stereocenters. The van der Waals surface area contributed by atoms with Crippen molar-refractivity contribution in [2.45, 2.75) is 226 Å². The van der Waals surface area contributed by atoms with E-state index in [1.807, 2.05) is 12.2 Å². The summed E-state index contributed by atoms with van der Waals surface area (Å²) in [6.45, 7) is 13.8. The van der Waals surface area contributed by atoms with Gasteiger partial charge in [0.15, 0.2) is 6.29 Å². The minimum Gasteiger partial charge on any atom is -0.461 e. The van der Waals surface area contributed by atoms with Crippen LogP contribution >= 0.6 is 0 Å². The van der Waals surface area contributed by atoms with Gasteiger partial charge in [-0.25, -0.2) is 0 Å². The molecule has 0 N–H and O–H groups in total. The van der Waals surface area contributed by atoms with Crippen molar-refractivity contribution in [1.82, 2.24) is 4.90 Å². The minimum atomic E-state index is -0.127. The maximum Gasteiger partial charge on any atom is 0.306 e. The summed E-state index contributed by atoms with van der Waals surface area (Å²) < 4.78 is 23.3. The van der Waals surface area contributed by atoms with Crippen LogP contribution in [-0.4, -0.2) is 69.2 Å². The molecule has 0 spiro atoms. The van der Waals surface area contributed by atoms with Gasteiger partial charge in [0.05, 0.1) is 0 Å². The molecular weight excluding hydrogens is 687 g/mol. The molecule has 0 fully saturated rings. The van der Waals surface area contributed by atoms with Crippen LogP contribution in [0.1, 0.15) is 214 Å². The lowest BCUT2D eigenvalue weighted by Gasteiger charge is -2.35. The smallest absolute Gasteiger partial charge is 0.306 e. The Kier molecular flexibility index (Phi) is 37.9. The molecule has 7 nitrogen and oxygen atoms in total. The van der Waals surface area contributed by atoms with Gasteiger partial charge >= 0.3 is 11.9 Å². The summed E-state index contributed by atoms with van der Waals surface area (Å²) in [5.74, 6) is 0.505. The topological polar surface area (TPSA) is 74.3 Å². The van der Waals surface area contributed by atoms with E-state index in [-0.39, 0.29) is 23.8 Å². The molecule has 0 saturated heterocycles. The molecule has 0 aliphatic heterocycles. The highest BCUT2D eigenvalue weighted by Crippen LogP contribution is 2.25. The first-order valence-electron chi connectivity index (χ1n) is 23.1. The third-order valence-corrected chi connectivity index (χ3v) is 10.8. The number of allylic oxidation sites excluding steroid dienone is 2. The monoisotopic (exact) mass is 778 g/mol. The fourth-order valence-corrected chi connectivity index (χ4v) is 6.75. The first kappa shape index (κ1) is 53.3. The van der Waals surface area contributed by atoms with Crippen molar-refractivity contribution >= 4 is 11.9 Å². The van der Waals surface area contributed by atoms with E-state index in [0.29, 0.717) is 32.0 Å². The molecule has 7 heteroatoms. The van der Waals surface area contributed by atoms with Crippen LogP contribution in [0.3, 0.4) is 0 Å². The Balaban J connectivity index is 4.19. The van der Waals surface area contributed by atoms with Gasteiger partial charge in [0.25, 0.3) is 0 Å². The Hall–Kier alpha value is -1.70. The number of rotatable bonds is 41. The highest BCUT2D eigenvalue weighted by atomic mass is 16.7. The summed E-state index contributed by atoms with van der Waals surface area (Å²) in [5.41, 5.74) is 0.202. The van der Waals surface area contributed by atoms with Crippen LogP contribution < -0.4 is 0 Å². The maximum absolute atomic E-state index is 12.0. The van der Waals surface area contributed by atoms with Gasteiger partial charge < -0.3 is 23.8 Å². The van der Waals surface area contributed by atoms with E-state index < -0.39 is 0 Å². The molecule has 0 heterocycles. The van der Waals surface area contributed by atoms with Gasteiger partial charge in [-0.05, 0) is 104 Å². The van der Waals surface area contributed by atoms with Crippen molar-refractivity contribution in [3.63, 3.8) is 0 Å². The first-order chi connectivity index (χ1) is 26.6. The van der Waals surface area contributed by atoms with Crippen molar-refractivity contribution in [3.05, 3.63) is 24.3 Å². The highest BCUT2D eigenvalue weighted by Gasteiger charge is 2.23. The van der Waals surface area contributed by atoms with Crippen molar-refractivity contribution in [2.75, 3.05) is 40.5 Å². The van der Waals surface area contributed by atoms with E-state index in [1.54, 1.807) is 0 Å². The van der Waals surface area contributed by atoms with E-state index >= 15 is 0 Å². The standard InChI is InChI=1S/C48H91NO6/c1-8-10-12-14-18-24-30-39-52-45(50)36-28-22-16-20-26-32-41-54-47(38-34-35-44(3)43-48(4,5)49(6)7)55-42-33-27-21-17-23-29-37-46(51)53-40-31-25-19-15-13-11-9-2/h24-25,30-31,44,47H,8-23,26-29,32-43H2,1-7H3. The quantitative estimate of drug-likeness (QED) is 0.0265. The highest BCUT2D eigenvalue weighted by molar-refractivity contribution is 5.69. The van der Waals surface area contributed by atoms with Crippen LogP contribution in [0.25, 0.3) is 0 Å². The van der Waals surface area contributed by atoms with Gasteiger partial charge in [-0.2, -0.15) is 0 Å². The average Bonchev–Trinajstić information content (AvgIpc) is 3.14. The molecule has 324 valence electrons. The predicted molar refractivity (Wildman–Crippen MR) is 233 cm³/mol. The number of ether oxygens (including phenoxy) is 4. The number of nitrogens with zero attached hydrogens (tertiary/aromatic N) is 1. The van der Waals surface area contributed by atoms with Crippen molar-refractivity contribution in [2.24, 2.45) is 5.92 Å². The van der Waals surface area contributed by atoms with Crippen molar-refractivity contribution in [1.29, 1.82) is 0 Å². The fourth-order valence-electron chi connectivity index (χ4n) is 6.75. The van der Waals surface area contributed by atoms with Gasteiger partial charge in [0.2, 0.25) is 0 Å². The molecule has 0 bridgehead atoms. The summed E-state index contributed by atoms with van der Waals surface area (Å²) in [6, 6.07) is 0. The molecule has 1 unspecified atom stereocenters. The summed E-state index contributed by atoms with van der Waals surface area (Å²) in [4.78, 5) is 26.3. The summed E-state index contributed by atoms with van der Waals surface area (Å²) >= 11 is 0. The summed E-state index contributed by atoms with van der Waals surface area (Å²) in [7, 11) is 4.34. The SMILES string of the molecule is CCCCCCC=CCOC(=O)CCCCCCCCOC(CCCC(C)CC(C)(C)N(C)C)OCCCCCCCCC(=O)OCC=CCCCCCC. The third-order valence-electron chi connectivity index (χ3n) is 10.8. The summed E-state index contributed by atoms with van der Waals surface area (Å²) in [5, 5.41) is 0. The Morgan fingerprint density at radius 1 is 0.545 bits per heavy atom. The largest absolute Gasteiger partial charge is 0.461 e. The number of carbonyl (C=O) groups is 2. The first-order valence-corrected chi connectivity index (χ1v) is 23.1. The molecule has 0 rings (SSSR count). The van der Waals surface area contributed by atoms with Crippen LogP contribution in [0, 0.1) is 5.92 Å². The van der Waals surface area contributed by atoms with Gasteiger partial charge in [-0.3, -0.25) is 9.59 Å². The molecule has 0 radical (unpaired) electrons. The van der Waals surface area contributed by atoms with Crippen LogP contribution in [0.4, 0.5) is 0 Å². The van der Waals surface area contributed by atoms with Crippen molar-refractivity contribution in [3.8, 4) is 0 Å². The minimum absolute atomic E-state index is 0.0767. The van der Waals surface area contributed by atoms with Gasteiger partial charge in [0, 0.05) is 31.6 Å². The molecule has 0 aromatic carbocycles. The lowest BCUT2D eigenvalue weighted by atomic mass is 9.88. The Morgan fingerprint density at radius 3 is 1.40 bits per heavy atom. The van der Waals surface area contributed by atoms with Gasteiger partial charge in [-0.1, -0.05) is 141 Å². The van der Waals surface area contributed by atoms with Gasteiger partial charge in [-0.15, -0.1) is 0 Å². The number of unbranched alkanes of at least 4 members (excludes halogenated alkanes) is 18. The van der Waals surface area contributed by atoms with Crippen LogP contribution in [0.2, 0.25) is 0 Å². The van der Waals surface area contributed by atoms with Crippen LogP contribution in [0.15, 0.2) is 24.3 Å². The number of esters is 2. The lowest BCUT2D eigenvalue weighted by molar-refractivity contribution is -0.148. The predicted octanol–water partition coefficient (Wildman–Crippen LogP) is 13.5. The molecule has 0 aromatic rings. The van der Waals surface area contributed by atoms with E-state index in [2.05, 4.69) is 65.8 Å².